The summed E-state index contributed by atoms with van der Waals surface area (Å²) in [7, 11) is 3.18. The number of likely N-dealkylation sites (N-methyl/N-ethyl adjacent to an activating group) is 1. The third-order valence-electron chi connectivity index (χ3n) is 4.95. The van der Waals surface area contributed by atoms with E-state index in [0.717, 1.165) is 17.5 Å². The number of rotatable bonds is 7. The summed E-state index contributed by atoms with van der Waals surface area (Å²) in [5.74, 6) is 6.37. The van der Waals surface area contributed by atoms with Gasteiger partial charge < -0.3 is 15.5 Å². The molecule has 30 heavy (non-hydrogen) atoms. The lowest BCUT2D eigenvalue weighted by Gasteiger charge is -2.19. The minimum absolute atomic E-state index is 0.160. The van der Waals surface area contributed by atoms with E-state index in [2.05, 4.69) is 55.0 Å². The van der Waals surface area contributed by atoms with Gasteiger partial charge >= 0.3 is 0 Å². The largest absolute Gasteiger partial charge is 0.364 e. The van der Waals surface area contributed by atoms with Crippen LogP contribution < -0.4 is 10.6 Å². The molecule has 0 radical (unpaired) electrons. The van der Waals surface area contributed by atoms with E-state index < -0.39 is 0 Å². The Labute approximate surface area is 179 Å². The van der Waals surface area contributed by atoms with Crippen molar-refractivity contribution in [3.05, 3.63) is 83.1 Å². The van der Waals surface area contributed by atoms with Gasteiger partial charge in [0, 0.05) is 30.8 Å². The molecule has 0 bridgehead atoms. The molecule has 0 aliphatic heterocycles. The van der Waals surface area contributed by atoms with Gasteiger partial charge in [0.2, 0.25) is 0 Å². The second-order valence-corrected chi connectivity index (χ2v) is 7.15. The molecule has 0 spiro atoms. The number of carbonyl (C=O) groups excluding carboxylic acids is 2. The van der Waals surface area contributed by atoms with Crippen molar-refractivity contribution in [3.63, 3.8) is 0 Å². The molecule has 5 heteroatoms. The van der Waals surface area contributed by atoms with E-state index in [1.165, 1.54) is 17.5 Å². The first-order valence-electron chi connectivity index (χ1n) is 9.98. The Morgan fingerprint density at radius 1 is 1.03 bits per heavy atom. The van der Waals surface area contributed by atoms with Gasteiger partial charge in [-0.15, -0.1) is 0 Å². The van der Waals surface area contributed by atoms with E-state index in [-0.39, 0.29) is 24.2 Å². The van der Waals surface area contributed by atoms with Gasteiger partial charge in [0.15, 0.2) is 0 Å². The molecule has 0 aliphatic rings. The predicted octanol–water partition coefficient (Wildman–Crippen LogP) is 3.48. The first kappa shape index (κ1) is 22.8. The molecule has 0 saturated carbocycles. The van der Waals surface area contributed by atoms with Gasteiger partial charge in [-0.3, -0.25) is 9.59 Å². The lowest BCUT2D eigenvalue weighted by Crippen LogP contribution is -2.38. The third kappa shape index (κ3) is 6.25. The van der Waals surface area contributed by atoms with Crippen LogP contribution in [0.2, 0.25) is 0 Å². The molecule has 2 rings (SSSR count). The fourth-order valence-corrected chi connectivity index (χ4v) is 2.71. The van der Waals surface area contributed by atoms with Crippen molar-refractivity contribution in [2.75, 3.05) is 20.8 Å². The maximum atomic E-state index is 12.5. The maximum Gasteiger partial charge on any atom is 0.266 e. The number of hydrogen-bond acceptors (Lipinski definition) is 3. The smallest absolute Gasteiger partial charge is 0.266 e. The van der Waals surface area contributed by atoms with Crippen molar-refractivity contribution >= 4 is 11.8 Å². The Kier molecular flexibility index (Phi) is 8.25. The highest BCUT2D eigenvalue weighted by molar-refractivity contribution is 5.94. The standard InChI is InChI=1S/C25H29N3O2/c1-6-18(2)22-13-9-20(10-14-22)7-8-21-11-15-23(16-12-21)25(30)28(5)17-27-19(3)24(29)26-4/h9-16,18,27H,3,6,17H2,1-2,4-5H3,(H,26,29). The summed E-state index contributed by atoms with van der Waals surface area (Å²) in [5, 5.41) is 5.30. The van der Waals surface area contributed by atoms with Gasteiger partial charge in [0.05, 0.1) is 12.4 Å². The normalized spacial score (nSPS) is 10.9. The zero-order valence-corrected chi connectivity index (χ0v) is 18.1. The van der Waals surface area contributed by atoms with Crippen LogP contribution in [0.3, 0.4) is 0 Å². The Morgan fingerprint density at radius 2 is 1.57 bits per heavy atom. The van der Waals surface area contributed by atoms with E-state index in [0.29, 0.717) is 11.5 Å². The van der Waals surface area contributed by atoms with Crippen molar-refractivity contribution in [1.29, 1.82) is 0 Å². The van der Waals surface area contributed by atoms with Crippen LogP contribution in [-0.4, -0.2) is 37.5 Å². The second-order valence-electron chi connectivity index (χ2n) is 7.15. The molecule has 0 aliphatic carbocycles. The number of nitrogens with zero attached hydrogens (tertiary/aromatic N) is 1. The molecule has 0 fully saturated rings. The summed E-state index contributed by atoms with van der Waals surface area (Å²) in [4.78, 5) is 25.4. The van der Waals surface area contributed by atoms with Crippen molar-refractivity contribution in [1.82, 2.24) is 15.5 Å². The summed E-state index contributed by atoms with van der Waals surface area (Å²) < 4.78 is 0. The average molecular weight is 404 g/mol. The number of benzene rings is 2. The highest BCUT2D eigenvalue weighted by Crippen LogP contribution is 2.18. The van der Waals surface area contributed by atoms with E-state index in [1.807, 2.05) is 24.3 Å². The van der Waals surface area contributed by atoms with E-state index in [9.17, 15) is 9.59 Å². The van der Waals surface area contributed by atoms with Crippen LogP contribution in [0.1, 0.15) is 53.2 Å². The average Bonchev–Trinajstić information content (AvgIpc) is 2.79. The van der Waals surface area contributed by atoms with Crippen molar-refractivity contribution in [2.45, 2.75) is 26.2 Å². The van der Waals surface area contributed by atoms with Gasteiger partial charge in [-0.1, -0.05) is 44.4 Å². The summed E-state index contributed by atoms with van der Waals surface area (Å²) in [6.45, 7) is 8.21. The topological polar surface area (TPSA) is 61.4 Å². The molecule has 2 N–H and O–H groups in total. The van der Waals surface area contributed by atoms with Crippen LogP contribution >= 0.6 is 0 Å². The number of amides is 2. The van der Waals surface area contributed by atoms with Crippen LogP contribution in [0, 0.1) is 11.8 Å². The quantitative estimate of drug-likeness (QED) is 0.423. The minimum Gasteiger partial charge on any atom is -0.364 e. The fraction of sp³-hybridized carbons (Fsp3) is 0.280. The SMILES string of the molecule is C=C(NCN(C)C(=O)c1ccc(C#Cc2ccc(C(C)CC)cc2)cc1)C(=O)NC. The number of hydrogen-bond donors (Lipinski definition) is 2. The molecule has 156 valence electrons. The van der Waals surface area contributed by atoms with Gasteiger partial charge in [-0.25, -0.2) is 0 Å². The van der Waals surface area contributed by atoms with Crippen molar-refractivity contribution in [3.8, 4) is 11.8 Å². The monoisotopic (exact) mass is 403 g/mol. The van der Waals surface area contributed by atoms with Gasteiger partial charge in [-0.05, 0) is 54.3 Å². The molecule has 2 aromatic carbocycles. The van der Waals surface area contributed by atoms with E-state index in [4.69, 9.17) is 0 Å². The van der Waals surface area contributed by atoms with Crippen LogP contribution in [-0.2, 0) is 4.79 Å². The first-order chi connectivity index (χ1) is 14.3. The molecule has 1 unspecified atom stereocenters. The van der Waals surface area contributed by atoms with Crippen LogP contribution in [0.25, 0.3) is 0 Å². The van der Waals surface area contributed by atoms with E-state index >= 15 is 0 Å². The number of carbonyl (C=O) groups is 2. The Morgan fingerprint density at radius 3 is 2.07 bits per heavy atom. The van der Waals surface area contributed by atoms with Crippen molar-refractivity contribution in [2.24, 2.45) is 0 Å². The summed E-state index contributed by atoms with van der Waals surface area (Å²) >= 11 is 0. The molecule has 0 aromatic heterocycles. The van der Waals surface area contributed by atoms with Gasteiger partial charge in [0.1, 0.15) is 0 Å². The van der Waals surface area contributed by atoms with Gasteiger partial charge in [-0.2, -0.15) is 0 Å². The molecule has 1 atom stereocenters. The molecule has 2 aromatic rings. The second kappa shape index (κ2) is 10.9. The lowest BCUT2D eigenvalue weighted by atomic mass is 9.98. The fourth-order valence-electron chi connectivity index (χ4n) is 2.71. The minimum atomic E-state index is -0.312. The lowest BCUT2D eigenvalue weighted by molar-refractivity contribution is -0.117. The molecule has 2 amide bonds. The van der Waals surface area contributed by atoms with Crippen LogP contribution in [0.4, 0.5) is 0 Å². The van der Waals surface area contributed by atoms with Gasteiger partial charge in [0.25, 0.3) is 11.8 Å². The van der Waals surface area contributed by atoms with Crippen molar-refractivity contribution < 1.29 is 9.59 Å². The summed E-state index contributed by atoms with van der Waals surface area (Å²) in [5.41, 5.74) is 3.88. The Hall–Kier alpha value is -3.52. The molecule has 0 heterocycles. The zero-order valence-electron chi connectivity index (χ0n) is 18.1. The zero-order chi connectivity index (χ0) is 22.1. The third-order valence-corrected chi connectivity index (χ3v) is 4.95. The molecular weight excluding hydrogens is 374 g/mol. The van der Waals surface area contributed by atoms with E-state index in [1.54, 1.807) is 19.2 Å². The molecule has 0 saturated heterocycles. The highest BCUT2D eigenvalue weighted by atomic mass is 16.2. The summed E-state index contributed by atoms with van der Waals surface area (Å²) in [6, 6.07) is 15.5. The Balaban J connectivity index is 1.98. The number of nitrogens with one attached hydrogen (secondary N) is 2. The van der Waals surface area contributed by atoms with Crippen LogP contribution in [0.15, 0.2) is 60.8 Å². The predicted molar refractivity (Wildman–Crippen MR) is 121 cm³/mol. The maximum absolute atomic E-state index is 12.5. The molecular formula is C25H29N3O2. The van der Waals surface area contributed by atoms with Crippen LogP contribution in [0.5, 0.6) is 0 Å². The highest BCUT2D eigenvalue weighted by Gasteiger charge is 2.12. The summed E-state index contributed by atoms with van der Waals surface area (Å²) in [6.07, 6.45) is 1.12. The Bertz CT molecular complexity index is 951. The molecule has 5 nitrogen and oxygen atoms in total. The first-order valence-corrected chi connectivity index (χ1v) is 9.98.